The van der Waals surface area contributed by atoms with E-state index < -0.39 is 125 Å². The number of carbonyl (C=O) groups excluding carboxylic acids is 1. The number of amides is 1. The summed E-state index contributed by atoms with van der Waals surface area (Å²) in [6.45, 7) is -2.24. The number of halogens is 12. The van der Waals surface area contributed by atoms with Crippen LogP contribution in [0.3, 0.4) is 0 Å². The lowest BCUT2D eigenvalue weighted by Gasteiger charge is -2.26. The molecule has 12 nitrogen and oxygen atoms in total. The van der Waals surface area contributed by atoms with E-state index >= 15 is 8.78 Å². The van der Waals surface area contributed by atoms with E-state index in [2.05, 4.69) is 35.1 Å². The van der Waals surface area contributed by atoms with Gasteiger partial charge in [-0.15, -0.1) is 0 Å². The number of benzene rings is 2. The molecule has 0 aliphatic heterocycles. The lowest BCUT2D eigenvalue weighted by Crippen LogP contribution is -2.38. The molecule has 3 aromatic heterocycles. The highest BCUT2D eigenvalue weighted by Gasteiger charge is 2.67. The number of hydrogen-bond donors (Lipinski definition) is 3. The van der Waals surface area contributed by atoms with E-state index in [1.54, 1.807) is 0 Å². The average Bonchev–Trinajstić information content (AvgIpc) is 4.14. The lowest BCUT2D eigenvalue weighted by molar-refractivity contribution is -0.141. The standard InChI is InChI=1S/C39H30ClF11N10O2S/c40-21-3-4-24(31(54-13-26(43)44)30(21)35(52)59-64-18-1-2-18)61-28(63)12-22(36-53-6-5-25(57-36)39(49,50)51)56-37(61)23(9-15-7-16(41)10-17(42)8-15)55-27(62)14-60-33-29(32(58-60)34(45)46)19-11-20(19)38(33,47)48/h3-8,10,12,18-20,23,26,34,54H,1-2,9,11,13-14H2,(H2,52,59)(H,55,62)/t19-,20+,23?/m0/s1. The van der Waals surface area contributed by atoms with Gasteiger partial charge in [-0.25, -0.2) is 41.3 Å². The number of anilines is 1. The van der Waals surface area contributed by atoms with E-state index in [0.717, 1.165) is 43.0 Å². The molecule has 2 aromatic carbocycles. The fraction of sp³-hybridized carbons (Fsp3) is 0.359. The molecule has 3 aliphatic rings. The minimum absolute atomic E-state index is 0.0869. The lowest BCUT2D eigenvalue weighted by atomic mass is 10.0. The summed E-state index contributed by atoms with van der Waals surface area (Å²) in [6, 6.07) is 3.83. The molecule has 3 heterocycles. The second-order valence-electron chi connectivity index (χ2n) is 15.1. The Morgan fingerprint density at radius 3 is 2.42 bits per heavy atom. The van der Waals surface area contributed by atoms with Crippen LogP contribution in [0.1, 0.15) is 77.2 Å². The molecule has 25 heteroatoms. The molecule has 64 heavy (non-hydrogen) atoms. The molecule has 4 N–H and O–H groups in total. The van der Waals surface area contributed by atoms with Crippen LogP contribution in [0.5, 0.6) is 0 Å². The molecule has 1 unspecified atom stereocenters. The first kappa shape index (κ1) is 44.8. The Hall–Kier alpha value is -5.78. The van der Waals surface area contributed by atoms with Crippen LogP contribution in [0.2, 0.25) is 5.02 Å². The van der Waals surface area contributed by atoms with Gasteiger partial charge in [0.25, 0.3) is 24.3 Å². The van der Waals surface area contributed by atoms with Crippen LogP contribution in [-0.2, 0) is 29.9 Å². The molecular weight excluding hydrogens is 917 g/mol. The maximum atomic E-state index is 15.5. The van der Waals surface area contributed by atoms with Crippen LogP contribution in [0.15, 0.2) is 57.9 Å². The predicted octanol–water partition coefficient (Wildman–Crippen LogP) is 8.28. The quantitative estimate of drug-likeness (QED) is 0.0407. The summed E-state index contributed by atoms with van der Waals surface area (Å²) in [5.74, 6) is -11.1. The van der Waals surface area contributed by atoms with E-state index in [4.69, 9.17) is 17.3 Å². The van der Waals surface area contributed by atoms with Gasteiger partial charge in [-0.3, -0.25) is 18.8 Å². The Labute approximate surface area is 362 Å². The first-order chi connectivity index (χ1) is 30.2. The summed E-state index contributed by atoms with van der Waals surface area (Å²) in [5, 5.41) is 8.49. The number of nitrogens with zero attached hydrogens (tertiary/aromatic N) is 7. The Bertz CT molecular complexity index is 2730. The summed E-state index contributed by atoms with van der Waals surface area (Å²) in [4.78, 5) is 40.2. The third-order valence-electron chi connectivity index (χ3n) is 10.5. The number of alkyl halides is 9. The van der Waals surface area contributed by atoms with Crippen LogP contribution in [-0.4, -0.2) is 59.3 Å². The van der Waals surface area contributed by atoms with Crippen molar-refractivity contribution >= 4 is 41.0 Å². The molecule has 2 fully saturated rings. The van der Waals surface area contributed by atoms with Gasteiger partial charge in [-0.2, -0.15) is 31.4 Å². The van der Waals surface area contributed by atoms with Gasteiger partial charge in [0.05, 0.1) is 34.5 Å². The maximum absolute atomic E-state index is 15.5. The molecule has 0 bridgehead atoms. The second-order valence-corrected chi connectivity index (χ2v) is 16.6. The first-order valence-corrected chi connectivity index (χ1v) is 20.3. The summed E-state index contributed by atoms with van der Waals surface area (Å²) >= 11 is 7.63. The number of rotatable bonds is 15. The van der Waals surface area contributed by atoms with E-state index in [-0.39, 0.29) is 45.0 Å². The average molecular weight is 947 g/mol. The van der Waals surface area contributed by atoms with Gasteiger partial charge in [-0.05, 0) is 73.0 Å². The number of nitrogens with two attached hydrogens (primary N) is 1. The van der Waals surface area contributed by atoms with Crippen molar-refractivity contribution in [3.63, 3.8) is 0 Å². The molecular formula is C39H30ClF11N10O2S. The van der Waals surface area contributed by atoms with Crippen molar-refractivity contribution in [2.45, 2.75) is 74.4 Å². The topological polar surface area (TPSA) is 158 Å². The smallest absolute Gasteiger partial charge is 0.383 e. The van der Waals surface area contributed by atoms with Crippen LogP contribution in [0.25, 0.3) is 17.2 Å². The number of aromatic nitrogens is 6. The number of fused-ring (bicyclic) bond motifs is 3. The number of carbonyl (C=O) groups is 1. The van der Waals surface area contributed by atoms with Crippen LogP contribution in [0.4, 0.5) is 54.0 Å². The fourth-order valence-corrected chi connectivity index (χ4v) is 8.52. The molecule has 3 atom stereocenters. The van der Waals surface area contributed by atoms with Gasteiger partial charge in [0.1, 0.15) is 52.6 Å². The normalized spacial score (nSPS) is 18.3. The highest BCUT2D eigenvalue weighted by Crippen LogP contribution is 2.68. The van der Waals surface area contributed by atoms with Crippen LogP contribution in [0, 0.1) is 17.6 Å². The monoisotopic (exact) mass is 946 g/mol. The molecule has 0 spiro atoms. The molecule has 5 aromatic rings. The van der Waals surface area contributed by atoms with Crippen molar-refractivity contribution in [3.8, 4) is 17.2 Å². The Kier molecular flexibility index (Phi) is 11.9. The zero-order chi connectivity index (χ0) is 46.0. The summed E-state index contributed by atoms with van der Waals surface area (Å²) in [6.07, 6.45) is -9.84. The number of amidine groups is 1. The maximum Gasteiger partial charge on any atom is 0.433 e. The van der Waals surface area contributed by atoms with Gasteiger partial charge in [-0.1, -0.05) is 11.6 Å². The van der Waals surface area contributed by atoms with Crippen molar-refractivity contribution in [1.29, 1.82) is 0 Å². The Morgan fingerprint density at radius 1 is 1.05 bits per heavy atom. The molecule has 2 saturated carbocycles. The number of nitrogens with one attached hydrogen (secondary N) is 2. The van der Waals surface area contributed by atoms with E-state index in [1.165, 1.54) is 6.07 Å². The van der Waals surface area contributed by atoms with Crippen molar-refractivity contribution in [2.75, 3.05) is 11.9 Å². The molecule has 8 rings (SSSR count). The van der Waals surface area contributed by atoms with Gasteiger partial charge in [0.2, 0.25) is 5.91 Å². The Morgan fingerprint density at radius 2 is 1.77 bits per heavy atom. The summed E-state index contributed by atoms with van der Waals surface area (Å²) < 4.78 is 163. The van der Waals surface area contributed by atoms with E-state index in [0.29, 0.717) is 33.6 Å². The summed E-state index contributed by atoms with van der Waals surface area (Å²) in [5.41, 5.74) is -0.379. The minimum atomic E-state index is -5.02. The van der Waals surface area contributed by atoms with Crippen molar-refractivity contribution in [3.05, 3.63) is 115 Å². The largest absolute Gasteiger partial charge is 0.433 e. The van der Waals surface area contributed by atoms with Crippen molar-refractivity contribution in [2.24, 2.45) is 16.0 Å². The first-order valence-electron chi connectivity index (χ1n) is 19.1. The fourth-order valence-electron chi connectivity index (χ4n) is 7.57. The van der Waals surface area contributed by atoms with Gasteiger partial charge >= 0.3 is 6.18 Å². The molecule has 1 amide bonds. The molecule has 0 saturated heterocycles. The highest BCUT2D eigenvalue weighted by molar-refractivity contribution is 7.99. The molecule has 3 aliphatic carbocycles. The van der Waals surface area contributed by atoms with Crippen LogP contribution < -0.4 is 21.9 Å². The number of hydrogen-bond acceptors (Lipinski definition) is 9. The minimum Gasteiger partial charge on any atom is -0.383 e. The second kappa shape index (κ2) is 17.0. The van der Waals surface area contributed by atoms with Crippen LogP contribution >= 0.6 is 23.5 Å². The predicted molar refractivity (Wildman–Crippen MR) is 210 cm³/mol. The summed E-state index contributed by atoms with van der Waals surface area (Å²) in [7, 11) is 0. The zero-order valence-corrected chi connectivity index (χ0v) is 33.9. The highest BCUT2D eigenvalue weighted by atomic mass is 35.5. The third-order valence-corrected chi connectivity index (χ3v) is 11.9. The van der Waals surface area contributed by atoms with Crippen molar-refractivity contribution in [1.82, 2.24) is 34.6 Å². The molecule has 0 radical (unpaired) electrons. The SMILES string of the molecule is N/C(=N\SC1CC1)c1c(Cl)ccc(-n2c(C(Cc3cc(F)cc(F)c3)NC(=O)Cn3nc(C(F)F)c4c3C(F)(F)[C@@H]3C[C@H]43)nc(-c3nccc(C(F)(F)F)n3)cc2=O)c1NCC(F)F. The van der Waals surface area contributed by atoms with Crippen molar-refractivity contribution < 1.29 is 53.1 Å². The van der Waals surface area contributed by atoms with Gasteiger partial charge in [0, 0.05) is 41.5 Å². The van der Waals surface area contributed by atoms with Gasteiger partial charge < -0.3 is 16.4 Å². The third kappa shape index (κ3) is 8.97. The Balaban J connectivity index is 1.33. The van der Waals surface area contributed by atoms with E-state index in [9.17, 15) is 49.1 Å². The van der Waals surface area contributed by atoms with E-state index in [1.807, 2.05) is 0 Å². The van der Waals surface area contributed by atoms with Gasteiger partial charge in [0.15, 0.2) is 5.82 Å². The molecule has 338 valence electrons. The zero-order valence-electron chi connectivity index (χ0n) is 32.3.